The third-order valence-corrected chi connectivity index (χ3v) is 3.61. The summed E-state index contributed by atoms with van der Waals surface area (Å²) in [6.07, 6.45) is 4.99. The Morgan fingerprint density at radius 2 is 2.32 bits per heavy atom. The largest absolute Gasteiger partial charge is 0.456 e. The summed E-state index contributed by atoms with van der Waals surface area (Å²) in [5.41, 5.74) is 3.18. The fraction of sp³-hybridized carbons (Fsp3) is 0.643. The molecule has 2 rings (SSSR count). The first-order valence-corrected chi connectivity index (χ1v) is 7.00. The number of carbonyl (C=O) groups excluding carboxylic acids is 1. The zero-order chi connectivity index (χ0) is 13.8. The average molecular weight is 265 g/mol. The van der Waals surface area contributed by atoms with E-state index in [-0.39, 0.29) is 5.91 Å². The molecule has 1 aromatic heterocycles. The molecule has 0 radical (unpaired) electrons. The SMILES string of the molecule is CCCCN(Cc1cc(C(=O)NN)oc1C)C1CC1. The zero-order valence-corrected chi connectivity index (χ0v) is 11.7. The van der Waals surface area contributed by atoms with E-state index in [2.05, 4.69) is 17.2 Å². The molecule has 1 saturated carbocycles. The summed E-state index contributed by atoms with van der Waals surface area (Å²) in [4.78, 5) is 13.9. The summed E-state index contributed by atoms with van der Waals surface area (Å²) in [6, 6.07) is 2.52. The van der Waals surface area contributed by atoms with E-state index in [4.69, 9.17) is 10.3 Å². The Morgan fingerprint density at radius 3 is 2.89 bits per heavy atom. The second-order valence-corrected chi connectivity index (χ2v) is 5.22. The van der Waals surface area contributed by atoms with Gasteiger partial charge in [0.15, 0.2) is 5.76 Å². The van der Waals surface area contributed by atoms with Crippen LogP contribution in [0.1, 0.15) is 54.5 Å². The summed E-state index contributed by atoms with van der Waals surface area (Å²) in [6.45, 7) is 6.08. The molecule has 0 aromatic carbocycles. The van der Waals surface area contributed by atoms with Crippen molar-refractivity contribution in [3.63, 3.8) is 0 Å². The Bertz CT molecular complexity index is 438. The maximum atomic E-state index is 11.4. The Balaban J connectivity index is 2.03. The Hall–Kier alpha value is -1.33. The van der Waals surface area contributed by atoms with Crippen LogP contribution in [0.4, 0.5) is 0 Å². The van der Waals surface area contributed by atoms with E-state index < -0.39 is 0 Å². The van der Waals surface area contributed by atoms with E-state index in [1.807, 2.05) is 6.92 Å². The van der Waals surface area contributed by atoms with Crippen molar-refractivity contribution in [1.82, 2.24) is 10.3 Å². The van der Waals surface area contributed by atoms with Gasteiger partial charge in [-0.15, -0.1) is 0 Å². The molecule has 1 aliphatic rings. The van der Waals surface area contributed by atoms with Crippen LogP contribution in [-0.2, 0) is 6.54 Å². The van der Waals surface area contributed by atoms with Crippen molar-refractivity contribution in [1.29, 1.82) is 0 Å². The number of nitrogens with two attached hydrogens (primary N) is 1. The molecule has 1 fully saturated rings. The van der Waals surface area contributed by atoms with Crippen molar-refractivity contribution in [3.8, 4) is 0 Å². The van der Waals surface area contributed by atoms with Crippen LogP contribution >= 0.6 is 0 Å². The number of nitrogens with one attached hydrogen (secondary N) is 1. The number of furan rings is 1. The first kappa shape index (κ1) is 14.1. The lowest BCUT2D eigenvalue weighted by atomic mass is 10.2. The molecule has 0 unspecified atom stereocenters. The van der Waals surface area contributed by atoms with E-state index in [1.54, 1.807) is 6.07 Å². The van der Waals surface area contributed by atoms with E-state index in [9.17, 15) is 4.79 Å². The second kappa shape index (κ2) is 6.21. The molecule has 1 aromatic rings. The van der Waals surface area contributed by atoms with Gasteiger partial charge in [0.2, 0.25) is 0 Å². The van der Waals surface area contributed by atoms with Gasteiger partial charge in [-0.25, -0.2) is 5.84 Å². The lowest BCUT2D eigenvalue weighted by Gasteiger charge is -2.21. The van der Waals surface area contributed by atoms with E-state index in [0.717, 1.165) is 24.4 Å². The molecular formula is C14H23N3O2. The van der Waals surface area contributed by atoms with Gasteiger partial charge in [-0.05, 0) is 38.8 Å². The third kappa shape index (κ3) is 3.58. The number of unbranched alkanes of at least 4 members (excludes halogenated alkanes) is 1. The number of nitrogens with zero attached hydrogens (tertiary/aromatic N) is 1. The monoisotopic (exact) mass is 265 g/mol. The predicted molar refractivity (Wildman–Crippen MR) is 73.4 cm³/mol. The number of nitrogen functional groups attached to an aromatic ring is 1. The van der Waals surface area contributed by atoms with Crippen LogP contribution in [0.25, 0.3) is 0 Å². The number of hydrogen-bond acceptors (Lipinski definition) is 4. The van der Waals surface area contributed by atoms with Crippen molar-refractivity contribution >= 4 is 5.91 Å². The highest BCUT2D eigenvalue weighted by Gasteiger charge is 2.29. The third-order valence-electron chi connectivity index (χ3n) is 3.61. The quantitative estimate of drug-likeness (QED) is 0.449. The molecule has 1 aliphatic carbocycles. The van der Waals surface area contributed by atoms with Crippen LogP contribution < -0.4 is 11.3 Å². The van der Waals surface area contributed by atoms with E-state index >= 15 is 0 Å². The maximum Gasteiger partial charge on any atom is 0.300 e. The minimum atomic E-state index is -0.374. The number of aryl methyl sites for hydroxylation is 1. The van der Waals surface area contributed by atoms with E-state index in [0.29, 0.717) is 11.8 Å². The van der Waals surface area contributed by atoms with Crippen LogP contribution in [0, 0.1) is 6.92 Å². The molecule has 3 N–H and O–H groups in total. The standard InChI is InChI=1S/C14H23N3O2/c1-3-4-7-17(12-5-6-12)9-11-8-13(14(18)16-15)19-10(11)2/h8,12H,3-7,9,15H2,1-2H3,(H,16,18). The van der Waals surface area contributed by atoms with Crippen molar-refractivity contribution < 1.29 is 9.21 Å². The summed E-state index contributed by atoms with van der Waals surface area (Å²) < 4.78 is 5.45. The van der Waals surface area contributed by atoms with Crippen LogP contribution in [0.2, 0.25) is 0 Å². The number of rotatable bonds is 7. The van der Waals surface area contributed by atoms with Crippen LogP contribution in [0.5, 0.6) is 0 Å². The maximum absolute atomic E-state index is 11.4. The number of hydrazine groups is 1. The molecule has 0 atom stereocenters. The first-order chi connectivity index (χ1) is 9.15. The summed E-state index contributed by atoms with van der Waals surface area (Å²) in [5, 5.41) is 0. The molecule has 1 heterocycles. The highest BCUT2D eigenvalue weighted by atomic mass is 16.4. The number of hydrogen-bond donors (Lipinski definition) is 2. The summed E-state index contributed by atoms with van der Waals surface area (Å²) in [7, 11) is 0. The van der Waals surface area contributed by atoms with Crippen LogP contribution in [0.3, 0.4) is 0 Å². The van der Waals surface area contributed by atoms with Crippen LogP contribution in [0.15, 0.2) is 10.5 Å². The molecule has 0 saturated heterocycles. The van der Waals surface area contributed by atoms with Gasteiger partial charge in [0, 0.05) is 18.2 Å². The Kier molecular flexibility index (Phi) is 4.61. The van der Waals surface area contributed by atoms with Gasteiger partial charge >= 0.3 is 5.91 Å². The van der Waals surface area contributed by atoms with Gasteiger partial charge in [-0.1, -0.05) is 13.3 Å². The second-order valence-electron chi connectivity index (χ2n) is 5.22. The molecule has 5 nitrogen and oxygen atoms in total. The minimum Gasteiger partial charge on any atom is -0.456 e. The van der Waals surface area contributed by atoms with Crippen LogP contribution in [-0.4, -0.2) is 23.4 Å². The normalized spacial score (nSPS) is 14.9. The average Bonchev–Trinajstić information content (AvgIpc) is 3.19. The fourth-order valence-electron chi connectivity index (χ4n) is 2.27. The van der Waals surface area contributed by atoms with Crippen molar-refractivity contribution in [2.45, 2.75) is 52.1 Å². The lowest BCUT2D eigenvalue weighted by Crippen LogP contribution is -2.29. The van der Waals surface area contributed by atoms with Crippen molar-refractivity contribution in [2.24, 2.45) is 5.84 Å². The molecular weight excluding hydrogens is 242 g/mol. The number of amides is 1. The van der Waals surface area contributed by atoms with Gasteiger partial charge in [0.1, 0.15) is 5.76 Å². The zero-order valence-electron chi connectivity index (χ0n) is 11.7. The van der Waals surface area contributed by atoms with E-state index in [1.165, 1.54) is 25.7 Å². The predicted octanol–water partition coefficient (Wildman–Crippen LogP) is 1.96. The van der Waals surface area contributed by atoms with Crippen molar-refractivity contribution in [2.75, 3.05) is 6.54 Å². The number of carbonyl (C=O) groups is 1. The first-order valence-electron chi connectivity index (χ1n) is 7.00. The summed E-state index contributed by atoms with van der Waals surface area (Å²) >= 11 is 0. The lowest BCUT2D eigenvalue weighted by molar-refractivity contribution is 0.0924. The van der Waals surface area contributed by atoms with Gasteiger partial charge in [0.25, 0.3) is 0 Å². The fourth-order valence-corrected chi connectivity index (χ4v) is 2.27. The van der Waals surface area contributed by atoms with Gasteiger partial charge in [-0.2, -0.15) is 0 Å². The molecule has 106 valence electrons. The molecule has 0 aliphatic heterocycles. The van der Waals surface area contributed by atoms with Gasteiger partial charge in [0.05, 0.1) is 0 Å². The molecule has 19 heavy (non-hydrogen) atoms. The minimum absolute atomic E-state index is 0.293. The molecule has 0 bridgehead atoms. The Morgan fingerprint density at radius 1 is 1.58 bits per heavy atom. The molecule has 5 heteroatoms. The topological polar surface area (TPSA) is 71.5 Å². The summed E-state index contributed by atoms with van der Waals surface area (Å²) in [5.74, 6) is 5.84. The Labute approximate surface area is 114 Å². The smallest absolute Gasteiger partial charge is 0.300 e. The van der Waals surface area contributed by atoms with Crippen molar-refractivity contribution in [3.05, 3.63) is 23.2 Å². The van der Waals surface area contributed by atoms with Gasteiger partial charge in [-0.3, -0.25) is 15.1 Å². The highest BCUT2D eigenvalue weighted by molar-refractivity contribution is 5.91. The molecule has 1 amide bonds. The highest BCUT2D eigenvalue weighted by Crippen LogP contribution is 2.29. The molecule has 0 spiro atoms. The van der Waals surface area contributed by atoms with Gasteiger partial charge < -0.3 is 4.42 Å².